The summed E-state index contributed by atoms with van der Waals surface area (Å²) in [6.07, 6.45) is 0.942. The highest BCUT2D eigenvalue weighted by molar-refractivity contribution is 5.89. The minimum absolute atomic E-state index is 0.226. The van der Waals surface area contributed by atoms with E-state index in [2.05, 4.69) is 17.0 Å². The van der Waals surface area contributed by atoms with Crippen LogP contribution in [0, 0.1) is 0 Å². The summed E-state index contributed by atoms with van der Waals surface area (Å²) in [6, 6.07) is 10.2. The van der Waals surface area contributed by atoms with Crippen LogP contribution < -0.4 is 0 Å². The van der Waals surface area contributed by atoms with Crippen molar-refractivity contribution in [3.63, 3.8) is 0 Å². The molecule has 1 heterocycles. The number of rotatable bonds is 3. The van der Waals surface area contributed by atoms with Gasteiger partial charge in [0.1, 0.15) is 5.70 Å². The van der Waals surface area contributed by atoms with Gasteiger partial charge in [0.25, 0.3) is 0 Å². The molecule has 1 aliphatic heterocycles. The van der Waals surface area contributed by atoms with E-state index in [0.717, 1.165) is 30.8 Å². The van der Waals surface area contributed by atoms with Gasteiger partial charge in [-0.2, -0.15) is 0 Å². The molecule has 0 amide bonds. The van der Waals surface area contributed by atoms with Gasteiger partial charge in [0.15, 0.2) is 0 Å². The number of esters is 1. The number of hydrogen-bond acceptors (Lipinski definition) is 3. The van der Waals surface area contributed by atoms with Crippen molar-refractivity contribution in [3.05, 3.63) is 47.2 Å². The van der Waals surface area contributed by atoms with E-state index in [-0.39, 0.29) is 5.97 Å². The maximum Gasteiger partial charge on any atom is 0.354 e. The van der Waals surface area contributed by atoms with Crippen molar-refractivity contribution in [2.24, 2.45) is 0 Å². The summed E-state index contributed by atoms with van der Waals surface area (Å²) in [5, 5.41) is 0. The quantitative estimate of drug-likeness (QED) is 0.748. The first kappa shape index (κ1) is 11.7. The second kappa shape index (κ2) is 5.04. The largest absolute Gasteiger partial charge is 0.464 e. The fraction of sp³-hybridized carbons (Fsp3) is 0.357. The van der Waals surface area contributed by atoms with Crippen molar-refractivity contribution in [2.45, 2.75) is 19.9 Å². The number of methoxy groups -OCH3 is 1. The molecule has 1 aromatic rings. The topological polar surface area (TPSA) is 29.5 Å². The normalized spacial score (nSPS) is 15.3. The van der Waals surface area contributed by atoms with Crippen LogP contribution in [-0.2, 0) is 16.1 Å². The van der Waals surface area contributed by atoms with Crippen LogP contribution in [0.25, 0.3) is 0 Å². The van der Waals surface area contributed by atoms with Crippen LogP contribution >= 0.6 is 0 Å². The molecular formula is C14H17NO2. The predicted molar refractivity (Wildman–Crippen MR) is 66.2 cm³/mol. The van der Waals surface area contributed by atoms with Gasteiger partial charge in [0, 0.05) is 13.1 Å². The first-order valence-electron chi connectivity index (χ1n) is 5.79. The van der Waals surface area contributed by atoms with Crippen LogP contribution in [0.15, 0.2) is 41.6 Å². The Hall–Kier alpha value is -1.77. The number of carbonyl (C=O) groups is 1. The second-order valence-corrected chi connectivity index (χ2v) is 4.28. The van der Waals surface area contributed by atoms with E-state index in [1.165, 1.54) is 12.7 Å². The van der Waals surface area contributed by atoms with Crippen LogP contribution in [0.3, 0.4) is 0 Å². The van der Waals surface area contributed by atoms with Crippen molar-refractivity contribution < 1.29 is 9.53 Å². The van der Waals surface area contributed by atoms with Gasteiger partial charge >= 0.3 is 5.97 Å². The molecule has 0 atom stereocenters. The third-order valence-electron chi connectivity index (χ3n) is 3.07. The van der Waals surface area contributed by atoms with Gasteiger partial charge in [-0.05, 0) is 24.5 Å². The second-order valence-electron chi connectivity index (χ2n) is 4.28. The molecular weight excluding hydrogens is 214 g/mol. The molecule has 0 unspecified atom stereocenters. The molecule has 0 aromatic heterocycles. The van der Waals surface area contributed by atoms with E-state index in [0.29, 0.717) is 0 Å². The zero-order chi connectivity index (χ0) is 12.3. The zero-order valence-corrected chi connectivity index (χ0v) is 10.3. The van der Waals surface area contributed by atoms with Crippen molar-refractivity contribution in [1.29, 1.82) is 0 Å². The van der Waals surface area contributed by atoms with Gasteiger partial charge in [0.05, 0.1) is 7.11 Å². The molecule has 2 rings (SSSR count). The van der Waals surface area contributed by atoms with E-state index >= 15 is 0 Å². The molecule has 1 aromatic carbocycles. The first-order chi connectivity index (χ1) is 8.22. The monoisotopic (exact) mass is 231 g/mol. The summed E-state index contributed by atoms with van der Waals surface area (Å²) in [6.45, 7) is 3.66. The Bertz CT molecular complexity index is 437. The fourth-order valence-electron chi connectivity index (χ4n) is 2.16. The molecule has 3 nitrogen and oxygen atoms in total. The molecule has 17 heavy (non-hydrogen) atoms. The number of ether oxygens (including phenoxy) is 1. The molecule has 0 spiro atoms. The van der Waals surface area contributed by atoms with E-state index < -0.39 is 0 Å². The lowest BCUT2D eigenvalue weighted by atomic mass is 10.2. The molecule has 3 heteroatoms. The maximum atomic E-state index is 11.7. The standard InChI is InChI=1S/C14H17NO2/c1-11-8-9-15(13(11)14(16)17-2)10-12-6-4-3-5-7-12/h3-7H,8-10H2,1-2H3. The molecule has 0 saturated heterocycles. The summed E-state index contributed by atoms with van der Waals surface area (Å²) >= 11 is 0. The van der Waals surface area contributed by atoms with Crippen LogP contribution in [0.5, 0.6) is 0 Å². The lowest BCUT2D eigenvalue weighted by Crippen LogP contribution is -2.25. The molecule has 0 fully saturated rings. The Morgan fingerprint density at radius 1 is 1.35 bits per heavy atom. The van der Waals surface area contributed by atoms with Crippen molar-refractivity contribution in [1.82, 2.24) is 4.90 Å². The average Bonchev–Trinajstić information content (AvgIpc) is 2.71. The summed E-state index contributed by atoms with van der Waals surface area (Å²) in [5.74, 6) is -0.226. The van der Waals surface area contributed by atoms with Gasteiger partial charge in [0.2, 0.25) is 0 Å². The SMILES string of the molecule is COC(=O)C1=C(C)CCN1Cc1ccccc1. The molecule has 0 bridgehead atoms. The number of nitrogens with zero attached hydrogens (tertiary/aromatic N) is 1. The van der Waals surface area contributed by atoms with Gasteiger partial charge in [-0.3, -0.25) is 0 Å². The van der Waals surface area contributed by atoms with Gasteiger partial charge in [-0.1, -0.05) is 30.3 Å². The number of hydrogen-bond donors (Lipinski definition) is 0. The molecule has 1 aliphatic rings. The molecule has 0 radical (unpaired) electrons. The van der Waals surface area contributed by atoms with Crippen LogP contribution in [0.4, 0.5) is 0 Å². The lowest BCUT2D eigenvalue weighted by Gasteiger charge is -2.20. The van der Waals surface area contributed by atoms with Gasteiger partial charge in [-0.25, -0.2) is 4.79 Å². The Morgan fingerprint density at radius 3 is 2.71 bits per heavy atom. The highest BCUT2D eigenvalue weighted by Crippen LogP contribution is 2.25. The fourth-order valence-corrected chi connectivity index (χ4v) is 2.16. The van der Waals surface area contributed by atoms with Crippen molar-refractivity contribution >= 4 is 5.97 Å². The van der Waals surface area contributed by atoms with Crippen LogP contribution in [-0.4, -0.2) is 24.5 Å². The Kier molecular flexibility index (Phi) is 3.47. The summed E-state index contributed by atoms with van der Waals surface area (Å²) in [4.78, 5) is 13.8. The molecule has 0 saturated carbocycles. The Labute approximate surface area is 102 Å². The summed E-state index contributed by atoms with van der Waals surface area (Å²) in [7, 11) is 1.43. The van der Waals surface area contributed by atoms with E-state index in [9.17, 15) is 4.79 Å². The van der Waals surface area contributed by atoms with Gasteiger partial charge in [-0.15, -0.1) is 0 Å². The highest BCUT2D eigenvalue weighted by atomic mass is 16.5. The third-order valence-corrected chi connectivity index (χ3v) is 3.07. The summed E-state index contributed by atoms with van der Waals surface area (Å²) < 4.78 is 4.83. The molecule has 0 aliphatic carbocycles. The average molecular weight is 231 g/mol. The minimum atomic E-state index is -0.226. The zero-order valence-electron chi connectivity index (χ0n) is 10.3. The Morgan fingerprint density at radius 2 is 2.06 bits per heavy atom. The number of benzene rings is 1. The summed E-state index contributed by atoms with van der Waals surface area (Å²) in [5.41, 5.74) is 3.06. The van der Waals surface area contributed by atoms with E-state index in [4.69, 9.17) is 4.74 Å². The van der Waals surface area contributed by atoms with Crippen molar-refractivity contribution in [3.8, 4) is 0 Å². The lowest BCUT2D eigenvalue weighted by molar-refractivity contribution is -0.137. The molecule has 90 valence electrons. The number of carbonyl (C=O) groups excluding carboxylic acids is 1. The highest BCUT2D eigenvalue weighted by Gasteiger charge is 2.26. The predicted octanol–water partition coefficient (Wildman–Crippen LogP) is 2.34. The van der Waals surface area contributed by atoms with E-state index in [1.807, 2.05) is 25.1 Å². The minimum Gasteiger partial charge on any atom is -0.464 e. The van der Waals surface area contributed by atoms with Crippen molar-refractivity contribution in [2.75, 3.05) is 13.7 Å². The third kappa shape index (κ3) is 2.49. The van der Waals surface area contributed by atoms with Crippen LogP contribution in [0.1, 0.15) is 18.9 Å². The van der Waals surface area contributed by atoms with Gasteiger partial charge < -0.3 is 9.64 Å². The smallest absolute Gasteiger partial charge is 0.354 e. The molecule has 0 N–H and O–H groups in total. The maximum absolute atomic E-state index is 11.7. The van der Waals surface area contributed by atoms with Crippen LogP contribution in [0.2, 0.25) is 0 Å². The Balaban J connectivity index is 2.15. The van der Waals surface area contributed by atoms with E-state index in [1.54, 1.807) is 0 Å². The first-order valence-corrected chi connectivity index (χ1v) is 5.79.